The van der Waals surface area contributed by atoms with Gasteiger partial charge in [-0.3, -0.25) is 14.8 Å². The van der Waals surface area contributed by atoms with E-state index in [1.54, 1.807) is 49.1 Å². The summed E-state index contributed by atoms with van der Waals surface area (Å²) in [4.78, 5) is 28.6. The average molecular weight is 318 g/mol. The molecule has 4 aromatic rings. The van der Waals surface area contributed by atoms with Gasteiger partial charge >= 0.3 is 0 Å². The van der Waals surface area contributed by atoms with E-state index in [1.807, 2.05) is 0 Å². The summed E-state index contributed by atoms with van der Waals surface area (Å²) in [5.74, 6) is 0.350. The molecule has 0 bridgehead atoms. The van der Waals surface area contributed by atoms with Crippen LogP contribution in [0, 0.1) is 0 Å². The van der Waals surface area contributed by atoms with Crippen molar-refractivity contribution in [2.75, 3.05) is 0 Å². The van der Waals surface area contributed by atoms with Gasteiger partial charge in [-0.05, 0) is 24.3 Å². The molecule has 116 valence electrons. The lowest BCUT2D eigenvalue weighted by Gasteiger charge is -1.94. The van der Waals surface area contributed by atoms with Crippen molar-refractivity contribution in [1.29, 1.82) is 0 Å². The lowest BCUT2D eigenvalue weighted by Crippen LogP contribution is -1.97. The van der Waals surface area contributed by atoms with Gasteiger partial charge in [0.15, 0.2) is 11.5 Å². The summed E-state index contributed by atoms with van der Waals surface area (Å²) < 4.78 is 11.0. The molecule has 0 saturated heterocycles. The number of aromatic nitrogens is 4. The SMILES string of the molecule is O=C(c1cnc(-c2cccnc2)o1)c1cnc(-c2cccnc2)o1. The quantitative estimate of drug-likeness (QED) is 0.534. The fraction of sp³-hybridized carbons (Fsp3) is 0. The maximum Gasteiger partial charge on any atom is 0.266 e. The number of carbonyl (C=O) groups is 1. The summed E-state index contributed by atoms with van der Waals surface area (Å²) in [5.41, 5.74) is 1.37. The molecule has 4 rings (SSSR count). The predicted octanol–water partition coefficient (Wildman–Crippen LogP) is 3.02. The first-order chi connectivity index (χ1) is 11.8. The standard InChI is InChI=1S/C17H10N4O3/c22-15(13-9-20-16(23-13)11-3-1-5-18-7-11)14-10-21-17(24-14)12-4-2-6-19-8-12/h1-10H. The monoisotopic (exact) mass is 318 g/mol. The van der Waals surface area contributed by atoms with Crippen molar-refractivity contribution in [2.24, 2.45) is 0 Å². The summed E-state index contributed by atoms with van der Waals surface area (Å²) in [7, 11) is 0. The Bertz CT molecular complexity index is 898. The van der Waals surface area contributed by atoms with Crippen LogP contribution in [0.15, 0.2) is 70.3 Å². The molecule has 0 N–H and O–H groups in total. The maximum atomic E-state index is 12.4. The molecule has 0 saturated carbocycles. The van der Waals surface area contributed by atoms with E-state index in [-0.39, 0.29) is 11.5 Å². The van der Waals surface area contributed by atoms with Crippen LogP contribution in [0.3, 0.4) is 0 Å². The highest BCUT2D eigenvalue weighted by atomic mass is 16.4. The third kappa shape index (κ3) is 2.58. The van der Waals surface area contributed by atoms with Gasteiger partial charge in [-0.2, -0.15) is 0 Å². The normalized spacial score (nSPS) is 10.7. The molecule has 0 spiro atoms. The minimum Gasteiger partial charge on any atom is -0.432 e. The Morgan fingerprint density at radius 1 is 0.750 bits per heavy atom. The smallest absolute Gasteiger partial charge is 0.266 e. The van der Waals surface area contributed by atoms with Crippen LogP contribution in [0.1, 0.15) is 16.3 Å². The fourth-order valence-corrected chi connectivity index (χ4v) is 2.13. The molecule has 0 aliphatic heterocycles. The van der Waals surface area contributed by atoms with E-state index in [0.29, 0.717) is 22.9 Å². The van der Waals surface area contributed by atoms with E-state index in [9.17, 15) is 4.79 Å². The zero-order chi connectivity index (χ0) is 16.4. The van der Waals surface area contributed by atoms with Crippen LogP contribution in [0.2, 0.25) is 0 Å². The molecule has 0 radical (unpaired) electrons. The third-order valence-corrected chi connectivity index (χ3v) is 3.28. The average Bonchev–Trinajstić information content (AvgIpc) is 3.33. The maximum absolute atomic E-state index is 12.4. The van der Waals surface area contributed by atoms with E-state index < -0.39 is 5.78 Å². The molecule has 0 amide bonds. The molecule has 4 aromatic heterocycles. The number of oxazole rings is 2. The van der Waals surface area contributed by atoms with Gasteiger partial charge in [0.25, 0.3) is 5.78 Å². The lowest BCUT2D eigenvalue weighted by molar-refractivity contribution is 0.0985. The molecule has 7 nitrogen and oxygen atoms in total. The molecule has 4 heterocycles. The molecule has 24 heavy (non-hydrogen) atoms. The number of carbonyl (C=O) groups excluding carboxylic acids is 1. The van der Waals surface area contributed by atoms with Crippen molar-refractivity contribution in [3.63, 3.8) is 0 Å². The highest BCUT2D eigenvalue weighted by Gasteiger charge is 2.20. The van der Waals surface area contributed by atoms with Crippen LogP contribution in [0.25, 0.3) is 22.9 Å². The number of hydrogen-bond acceptors (Lipinski definition) is 7. The van der Waals surface area contributed by atoms with Crippen molar-refractivity contribution >= 4 is 5.78 Å². The van der Waals surface area contributed by atoms with Crippen molar-refractivity contribution in [3.8, 4) is 22.9 Å². The van der Waals surface area contributed by atoms with Crippen LogP contribution >= 0.6 is 0 Å². The number of rotatable bonds is 4. The van der Waals surface area contributed by atoms with Gasteiger partial charge in [-0.25, -0.2) is 9.97 Å². The van der Waals surface area contributed by atoms with Crippen LogP contribution in [-0.4, -0.2) is 25.7 Å². The van der Waals surface area contributed by atoms with E-state index in [1.165, 1.54) is 12.4 Å². The second kappa shape index (κ2) is 5.88. The van der Waals surface area contributed by atoms with Crippen molar-refractivity contribution < 1.29 is 13.6 Å². The highest BCUT2D eigenvalue weighted by Crippen LogP contribution is 2.22. The van der Waals surface area contributed by atoms with E-state index in [4.69, 9.17) is 8.83 Å². The van der Waals surface area contributed by atoms with Crippen molar-refractivity contribution in [1.82, 2.24) is 19.9 Å². The zero-order valence-corrected chi connectivity index (χ0v) is 12.3. The Morgan fingerprint density at radius 2 is 1.25 bits per heavy atom. The summed E-state index contributed by atoms with van der Waals surface area (Å²) in [5, 5.41) is 0. The van der Waals surface area contributed by atoms with Crippen LogP contribution in [0.5, 0.6) is 0 Å². The summed E-state index contributed by atoms with van der Waals surface area (Å²) in [6, 6.07) is 7.11. The second-order valence-electron chi connectivity index (χ2n) is 4.87. The molecule has 0 atom stereocenters. The van der Waals surface area contributed by atoms with Gasteiger partial charge in [0.2, 0.25) is 11.8 Å². The van der Waals surface area contributed by atoms with Crippen molar-refractivity contribution in [3.05, 3.63) is 73.0 Å². The Balaban J connectivity index is 1.61. The molecule has 0 fully saturated rings. The number of hydrogen-bond donors (Lipinski definition) is 0. The number of nitrogens with zero attached hydrogens (tertiary/aromatic N) is 4. The van der Waals surface area contributed by atoms with Gasteiger partial charge < -0.3 is 8.83 Å². The highest BCUT2D eigenvalue weighted by molar-refractivity contribution is 6.05. The van der Waals surface area contributed by atoms with Gasteiger partial charge in [0, 0.05) is 24.8 Å². The summed E-state index contributed by atoms with van der Waals surface area (Å²) in [6.45, 7) is 0. The molecule has 7 heteroatoms. The van der Waals surface area contributed by atoms with Gasteiger partial charge in [0.1, 0.15) is 0 Å². The van der Waals surface area contributed by atoms with Gasteiger partial charge in [-0.15, -0.1) is 0 Å². The Labute approximate surface area is 136 Å². The molecule has 0 aliphatic carbocycles. The number of pyridine rings is 2. The summed E-state index contributed by atoms with van der Waals surface area (Å²) >= 11 is 0. The van der Waals surface area contributed by atoms with Gasteiger partial charge in [0.05, 0.1) is 23.5 Å². The Morgan fingerprint density at radius 3 is 1.67 bits per heavy atom. The molecular formula is C17H10N4O3. The van der Waals surface area contributed by atoms with E-state index >= 15 is 0 Å². The van der Waals surface area contributed by atoms with E-state index in [2.05, 4.69) is 19.9 Å². The first-order valence-corrected chi connectivity index (χ1v) is 7.08. The molecule has 0 aromatic carbocycles. The third-order valence-electron chi connectivity index (χ3n) is 3.28. The zero-order valence-electron chi connectivity index (χ0n) is 12.3. The van der Waals surface area contributed by atoms with Crippen molar-refractivity contribution in [2.45, 2.75) is 0 Å². The van der Waals surface area contributed by atoms with Crippen LogP contribution in [-0.2, 0) is 0 Å². The second-order valence-corrected chi connectivity index (χ2v) is 4.87. The Kier molecular flexibility index (Phi) is 3.43. The minimum absolute atomic E-state index is 0.0720. The molecular weight excluding hydrogens is 308 g/mol. The van der Waals surface area contributed by atoms with Gasteiger partial charge in [-0.1, -0.05) is 0 Å². The predicted molar refractivity (Wildman–Crippen MR) is 82.9 cm³/mol. The molecule has 0 unspecified atom stereocenters. The fourth-order valence-electron chi connectivity index (χ4n) is 2.13. The molecule has 0 aliphatic rings. The largest absolute Gasteiger partial charge is 0.432 e. The summed E-state index contributed by atoms with van der Waals surface area (Å²) in [6.07, 6.45) is 9.22. The van der Waals surface area contributed by atoms with Crippen LogP contribution < -0.4 is 0 Å². The topological polar surface area (TPSA) is 94.9 Å². The first-order valence-electron chi connectivity index (χ1n) is 7.08. The Hall–Kier alpha value is -3.61. The first kappa shape index (κ1) is 14.0. The lowest BCUT2D eigenvalue weighted by atomic mass is 10.3. The van der Waals surface area contributed by atoms with Crippen LogP contribution in [0.4, 0.5) is 0 Å². The minimum atomic E-state index is -0.430. The van der Waals surface area contributed by atoms with E-state index in [0.717, 1.165) is 0 Å². The number of ketones is 1.